The highest BCUT2D eigenvalue weighted by Crippen LogP contribution is 2.39. The highest BCUT2D eigenvalue weighted by molar-refractivity contribution is 5.91. The third kappa shape index (κ3) is 3.58. The van der Waals surface area contributed by atoms with Crippen LogP contribution in [0.15, 0.2) is 78.0 Å². The van der Waals surface area contributed by atoms with E-state index in [1.807, 2.05) is 75.0 Å². The maximum atomic E-state index is 11.9. The zero-order chi connectivity index (χ0) is 22.2. The largest absolute Gasteiger partial charge is 0.454 e. The van der Waals surface area contributed by atoms with Gasteiger partial charge in [-0.1, -0.05) is 18.2 Å². The van der Waals surface area contributed by atoms with Gasteiger partial charge in [-0.2, -0.15) is 5.10 Å². The number of hydrogen-bond donors (Lipinski definition) is 0. The third-order valence-corrected chi connectivity index (χ3v) is 5.52. The molecule has 5 aromatic rings. The molecular weight excluding hydrogens is 402 g/mol. The standard InChI is InChI=1S/C25H23N5O2/c1-17-27-24-22(30(17)15-18-13-26-29(3)14-18)11-10-21(19-9-12-23(31)28(2)16-19)25(24)32-20-7-5-4-6-8-20/h4-14,16H,15H2,1-3H3. The fraction of sp³-hybridized carbons (Fsp3) is 0.160. The predicted molar refractivity (Wildman–Crippen MR) is 124 cm³/mol. The molecule has 5 rings (SSSR count). The molecule has 2 aromatic carbocycles. The second kappa shape index (κ2) is 7.85. The molecule has 0 saturated carbocycles. The summed E-state index contributed by atoms with van der Waals surface area (Å²) in [4.78, 5) is 16.8. The highest BCUT2D eigenvalue weighted by Gasteiger charge is 2.19. The zero-order valence-corrected chi connectivity index (χ0v) is 18.2. The Bertz CT molecular complexity index is 1480. The number of rotatable bonds is 5. The Morgan fingerprint density at radius 3 is 2.50 bits per heavy atom. The van der Waals surface area contributed by atoms with Gasteiger partial charge in [-0.3, -0.25) is 9.48 Å². The van der Waals surface area contributed by atoms with Gasteiger partial charge in [0.25, 0.3) is 0 Å². The normalized spacial score (nSPS) is 11.2. The Kier molecular flexibility index (Phi) is 4.86. The number of pyridine rings is 1. The van der Waals surface area contributed by atoms with E-state index in [0.29, 0.717) is 12.3 Å². The summed E-state index contributed by atoms with van der Waals surface area (Å²) >= 11 is 0. The summed E-state index contributed by atoms with van der Waals surface area (Å²) in [6.45, 7) is 2.66. The Morgan fingerprint density at radius 1 is 0.969 bits per heavy atom. The Labute approximate surface area is 185 Å². The van der Waals surface area contributed by atoms with Gasteiger partial charge >= 0.3 is 0 Å². The molecular formula is C25H23N5O2. The SMILES string of the molecule is Cc1nc2c(Oc3ccccc3)c(-c3ccc(=O)n(C)c3)ccc2n1Cc1cnn(C)c1. The van der Waals surface area contributed by atoms with Gasteiger partial charge in [-0.25, -0.2) is 4.98 Å². The van der Waals surface area contributed by atoms with E-state index in [2.05, 4.69) is 15.7 Å². The molecule has 0 fully saturated rings. The lowest BCUT2D eigenvalue weighted by atomic mass is 10.1. The number of aromatic nitrogens is 5. The average Bonchev–Trinajstić information content (AvgIpc) is 3.34. The van der Waals surface area contributed by atoms with Gasteiger partial charge < -0.3 is 13.9 Å². The van der Waals surface area contributed by atoms with Crippen molar-refractivity contribution in [2.45, 2.75) is 13.5 Å². The molecule has 3 aromatic heterocycles. The van der Waals surface area contributed by atoms with E-state index in [1.165, 1.54) is 0 Å². The molecule has 0 aliphatic rings. The van der Waals surface area contributed by atoms with Crippen molar-refractivity contribution in [2.24, 2.45) is 14.1 Å². The van der Waals surface area contributed by atoms with Gasteiger partial charge in [0.2, 0.25) is 5.56 Å². The van der Waals surface area contributed by atoms with Gasteiger partial charge in [0.05, 0.1) is 18.3 Å². The minimum atomic E-state index is -0.0584. The van der Waals surface area contributed by atoms with Crippen molar-refractivity contribution < 1.29 is 4.74 Å². The van der Waals surface area contributed by atoms with Gasteiger partial charge in [0, 0.05) is 49.2 Å². The topological polar surface area (TPSA) is 66.9 Å². The van der Waals surface area contributed by atoms with Crippen molar-refractivity contribution >= 4 is 11.0 Å². The summed E-state index contributed by atoms with van der Waals surface area (Å²) in [5.74, 6) is 2.28. The smallest absolute Gasteiger partial charge is 0.250 e. The van der Waals surface area contributed by atoms with Crippen molar-refractivity contribution in [2.75, 3.05) is 0 Å². The quantitative estimate of drug-likeness (QED) is 0.421. The molecule has 0 N–H and O–H groups in total. The summed E-state index contributed by atoms with van der Waals surface area (Å²) in [6, 6.07) is 17.1. The molecule has 0 aliphatic carbocycles. The summed E-state index contributed by atoms with van der Waals surface area (Å²) in [6.07, 6.45) is 5.69. The molecule has 7 nitrogen and oxygen atoms in total. The number of benzene rings is 2. The van der Waals surface area contributed by atoms with E-state index in [4.69, 9.17) is 9.72 Å². The minimum absolute atomic E-state index is 0.0584. The second-order valence-corrected chi connectivity index (χ2v) is 7.86. The molecule has 0 amide bonds. The van der Waals surface area contributed by atoms with Crippen LogP contribution in [0.1, 0.15) is 11.4 Å². The van der Waals surface area contributed by atoms with Crippen LogP contribution in [0.25, 0.3) is 22.2 Å². The first-order valence-corrected chi connectivity index (χ1v) is 10.4. The molecule has 32 heavy (non-hydrogen) atoms. The summed E-state index contributed by atoms with van der Waals surface area (Å²) in [5.41, 5.74) is 4.56. The van der Waals surface area contributed by atoms with Crippen LogP contribution in [-0.4, -0.2) is 23.9 Å². The fourth-order valence-electron chi connectivity index (χ4n) is 3.91. The van der Waals surface area contributed by atoms with Crippen LogP contribution in [0, 0.1) is 6.92 Å². The third-order valence-electron chi connectivity index (χ3n) is 5.52. The van der Waals surface area contributed by atoms with Crippen LogP contribution in [0.4, 0.5) is 0 Å². The molecule has 0 unspecified atom stereocenters. The van der Waals surface area contributed by atoms with Crippen molar-refractivity contribution in [3.63, 3.8) is 0 Å². The molecule has 3 heterocycles. The zero-order valence-electron chi connectivity index (χ0n) is 18.2. The van der Waals surface area contributed by atoms with Gasteiger partial charge in [-0.15, -0.1) is 0 Å². The van der Waals surface area contributed by atoms with E-state index in [-0.39, 0.29) is 5.56 Å². The molecule has 0 saturated heterocycles. The molecule has 160 valence electrons. The van der Waals surface area contributed by atoms with E-state index >= 15 is 0 Å². The highest BCUT2D eigenvalue weighted by atomic mass is 16.5. The summed E-state index contributed by atoms with van der Waals surface area (Å²) in [7, 11) is 3.66. The van der Waals surface area contributed by atoms with E-state index < -0.39 is 0 Å². The lowest BCUT2D eigenvalue weighted by Crippen LogP contribution is -2.14. The van der Waals surface area contributed by atoms with Crippen LogP contribution >= 0.6 is 0 Å². The first-order valence-electron chi connectivity index (χ1n) is 10.4. The first kappa shape index (κ1) is 19.8. The molecule has 0 spiro atoms. The monoisotopic (exact) mass is 425 g/mol. The number of imidazole rings is 1. The van der Waals surface area contributed by atoms with Crippen LogP contribution in [-0.2, 0) is 20.6 Å². The Hall–Kier alpha value is -4.13. The first-order chi connectivity index (χ1) is 15.5. The lowest BCUT2D eigenvalue weighted by molar-refractivity contribution is 0.489. The van der Waals surface area contributed by atoms with E-state index in [1.54, 1.807) is 22.4 Å². The predicted octanol–water partition coefficient (Wildman–Crippen LogP) is 4.28. The van der Waals surface area contributed by atoms with Crippen molar-refractivity contribution in [1.29, 1.82) is 0 Å². The van der Waals surface area contributed by atoms with Crippen molar-refractivity contribution in [3.05, 3.63) is 94.9 Å². The summed E-state index contributed by atoms with van der Waals surface area (Å²) < 4.78 is 11.9. The van der Waals surface area contributed by atoms with Gasteiger partial charge in [-0.05, 0) is 37.3 Å². The molecule has 0 radical (unpaired) electrons. The fourth-order valence-corrected chi connectivity index (χ4v) is 3.91. The molecule has 0 aliphatic heterocycles. The number of nitrogens with zero attached hydrogens (tertiary/aromatic N) is 5. The minimum Gasteiger partial charge on any atom is -0.454 e. The Balaban J connectivity index is 1.70. The van der Waals surface area contributed by atoms with E-state index in [0.717, 1.165) is 39.3 Å². The number of para-hydroxylation sites is 1. The number of hydrogen-bond acceptors (Lipinski definition) is 4. The number of ether oxygens (including phenoxy) is 1. The molecule has 0 bridgehead atoms. The molecule has 0 atom stereocenters. The maximum Gasteiger partial charge on any atom is 0.250 e. The number of aryl methyl sites for hydroxylation is 3. The average molecular weight is 425 g/mol. The second-order valence-electron chi connectivity index (χ2n) is 7.86. The van der Waals surface area contributed by atoms with Crippen LogP contribution < -0.4 is 10.3 Å². The summed E-state index contributed by atoms with van der Waals surface area (Å²) in [5, 5.41) is 4.28. The lowest BCUT2D eigenvalue weighted by Gasteiger charge is -2.13. The van der Waals surface area contributed by atoms with Crippen molar-refractivity contribution in [3.8, 4) is 22.6 Å². The number of fused-ring (bicyclic) bond motifs is 1. The van der Waals surface area contributed by atoms with Crippen LogP contribution in [0.5, 0.6) is 11.5 Å². The van der Waals surface area contributed by atoms with Crippen LogP contribution in [0.2, 0.25) is 0 Å². The Morgan fingerprint density at radius 2 is 1.78 bits per heavy atom. The maximum absolute atomic E-state index is 11.9. The molecule has 7 heteroatoms. The van der Waals surface area contributed by atoms with Crippen molar-refractivity contribution in [1.82, 2.24) is 23.9 Å². The van der Waals surface area contributed by atoms with Gasteiger partial charge in [0.15, 0.2) is 5.75 Å². The van der Waals surface area contributed by atoms with Crippen LogP contribution in [0.3, 0.4) is 0 Å². The van der Waals surface area contributed by atoms with E-state index in [9.17, 15) is 4.79 Å². The van der Waals surface area contributed by atoms with Gasteiger partial charge in [0.1, 0.15) is 17.1 Å².